The molecule has 16 heavy (non-hydrogen) atoms. The lowest BCUT2D eigenvalue weighted by Gasteiger charge is -2.07. The third-order valence-corrected chi connectivity index (χ3v) is 2.61. The lowest BCUT2D eigenvalue weighted by molar-refractivity contribution is -0.126. The van der Waals surface area contributed by atoms with Gasteiger partial charge in [-0.05, 0) is 17.7 Å². The second-order valence-electron chi connectivity index (χ2n) is 3.77. The van der Waals surface area contributed by atoms with Crippen LogP contribution in [0.5, 0.6) is 5.75 Å². The van der Waals surface area contributed by atoms with Gasteiger partial charge in [-0.15, -0.1) is 0 Å². The Hall–Kier alpha value is -2.04. The second kappa shape index (κ2) is 3.84. The Kier molecular flexibility index (Phi) is 2.52. The quantitative estimate of drug-likeness (QED) is 0.712. The number of carbonyl (C=O) groups is 2. The van der Waals surface area contributed by atoms with Crippen molar-refractivity contribution in [3.05, 3.63) is 29.8 Å². The highest BCUT2D eigenvalue weighted by Crippen LogP contribution is 2.14. The van der Waals surface area contributed by atoms with Gasteiger partial charge in [-0.1, -0.05) is 12.1 Å². The van der Waals surface area contributed by atoms with Gasteiger partial charge in [0.1, 0.15) is 11.8 Å². The first-order valence-electron chi connectivity index (χ1n) is 4.94. The number of rotatable bonds is 2. The number of phenolic OH excluding ortho intramolecular Hbond substituents is 1. The number of nitrogens with one attached hydrogen (secondary N) is 1. The molecule has 2 N–H and O–H groups in total. The molecule has 1 atom stereocenters. The largest absolute Gasteiger partial charge is 0.508 e. The molecular weight excluding hydrogens is 208 g/mol. The summed E-state index contributed by atoms with van der Waals surface area (Å²) in [4.78, 5) is 23.8. The van der Waals surface area contributed by atoms with E-state index in [1.165, 1.54) is 7.05 Å². The lowest BCUT2D eigenvalue weighted by Crippen LogP contribution is -2.31. The van der Waals surface area contributed by atoms with Gasteiger partial charge < -0.3 is 10.4 Å². The zero-order chi connectivity index (χ0) is 11.7. The van der Waals surface area contributed by atoms with Gasteiger partial charge in [-0.2, -0.15) is 0 Å². The minimum atomic E-state index is -0.498. The monoisotopic (exact) mass is 220 g/mol. The third-order valence-electron chi connectivity index (χ3n) is 2.61. The SMILES string of the molecule is CN1C(=O)N[C@@H](Cc2ccc(O)cc2)C1=O. The van der Waals surface area contributed by atoms with Gasteiger partial charge in [-0.3, -0.25) is 9.69 Å². The molecule has 1 heterocycles. The average molecular weight is 220 g/mol. The van der Waals surface area contributed by atoms with Crippen molar-refractivity contribution in [2.24, 2.45) is 0 Å². The van der Waals surface area contributed by atoms with Crippen molar-refractivity contribution in [3.8, 4) is 5.75 Å². The van der Waals surface area contributed by atoms with Crippen LogP contribution in [0.3, 0.4) is 0 Å². The molecule has 0 bridgehead atoms. The normalized spacial score (nSPS) is 20.1. The summed E-state index contributed by atoms with van der Waals surface area (Å²) in [7, 11) is 1.45. The van der Waals surface area contributed by atoms with Crippen LogP contribution in [0, 0.1) is 0 Å². The number of nitrogens with zero attached hydrogens (tertiary/aromatic N) is 1. The number of hydrogen-bond acceptors (Lipinski definition) is 3. The van der Waals surface area contributed by atoms with E-state index in [-0.39, 0.29) is 17.7 Å². The van der Waals surface area contributed by atoms with E-state index in [1.807, 2.05) is 0 Å². The highest BCUT2D eigenvalue weighted by Gasteiger charge is 2.34. The van der Waals surface area contributed by atoms with E-state index in [9.17, 15) is 9.59 Å². The Balaban J connectivity index is 2.09. The predicted octanol–water partition coefficient (Wildman–Crippen LogP) is 0.485. The summed E-state index contributed by atoms with van der Waals surface area (Å²) in [6.07, 6.45) is 0.440. The van der Waals surface area contributed by atoms with Gasteiger partial charge in [0.05, 0.1) is 0 Å². The first-order chi connectivity index (χ1) is 7.58. The van der Waals surface area contributed by atoms with E-state index in [0.29, 0.717) is 6.42 Å². The highest BCUT2D eigenvalue weighted by molar-refractivity contribution is 6.03. The predicted molar refractivity (Wildman–Crippen MR) is 56.9 cm³/mol. The first-order valence-corrected chi connectivity index (χ1v) is 4.94. The minimum Gasteiger partial charge on any atom is -0.508 e. The summed E-state index contributed by atoms with van der Waals surface area (Å²) in [6, 6.07) is 5.71. The molecule has 84 valence electrons. The molecule has 0 aliphatic carbocycles. The fourth-order valence-electron chi connectivity index (χ4n) is 1.65. The summed E-state index contributed by atoms with van der Waals surface area (Å²) in [6.45, 7) is 0. The zero-order valence-electron chi connectivity index (χ0n) is 8.80. The number of carbonyl (C=O) groups excluding carboxylic acids is 2. The van der Waals surface area contributed by atoms with E-state index >= 15 is 0 Å². The van der Waals surface area contributed by atoms with Crippen LogP contribution in [0.4, 0.5) is 4.79 Å². The van der Waals surface area contributed by atoms with Crippen LogP contribution >= 0.6 is 0 Å². The fraction of sp³-hybridized carbons (Fsp3) is 0.273. The number of aromatic hydroxyl groups is 1. The van der Waals surface area contributed by atoms with Crippen LogP contribution in [-0.4, -0.2) is 35.0 Å². The van der Waals surface area contributed by atoms with Crippen LogP contribution in [0.25, 0.3) is 0 Å². The van der Waals surface area contributed by atoms with Crippen molar-refractivity contribution in [1.82, 2.24) is 10.2 Å². The van der Waals surface area contributed by atoms with Crippen molar-refractivity contribution < 1.29 is 14.7 Å². The number of urea groups is 1. The Morgan fingerprint density at radius 2 is 1.94 bits per heavy atom. The van der Waals surface area contributed by atoms with Gasteiger partial charge in [0.2, 0.25) is 0 Å². The minimum absolute atomic E-state index is 0.183. The molecule has 5 heteroatoms. The van der Waals surface area contributed by atoms with E-state index in [2.05, 4.69) is 5.32 Å². The maximum Gasteiger partial charge on any atom is 0.324 e. The molecule has 1 aliphatic rings. The molecule has 3 amide bonds. The zero-order valence-corrected chi connectivity index (χ0v) is 8.80. The van der Waals surface area contributed by atoms with Crippen molar-refractivity contribution in [2.75, 3.05) is 7.05 Å². The lowest BCUT2D eigenvalue weighted by atomic mass is 10.1. The fourth-order valence-corrected chi connectivity index (χ4v) is 1.65. The standard InChI is InChI=1S/C11H12N2O3/c1-13-10(15)9(12-11(13)16)6-7-2-4-8(14)5-3-7/h2-5,9,14H,6H2,1H3,(H,12,16)/t9-/m0/s1. The number of likely N-dealkylation sites (N-methyl/N-ethyl adjacent to an activating group) is 1. The highest BCUT2D eigenvalue weighted by atomic mass is 16.3. The maximum absolute atomic E-state index is 11.6. The van der Waals surface area contributed by atoms with Crippen LogP contribution in [0.15, 0.2) is 24.3 Å². The molecule has 1 aromatic rings. The molecule has 1 fully saturated rings. The van der Waals surface area contributed by atoms with Gasteiger partial charge in [0, 0.05) is 13.5 Å². The number of amides is 3. The van der Waals surface area contributed by atoms with Gasteiger partial charge in [0.15, 0.2) is 0 Å². The van der Waals surface area contributed by atoms with Crippen molar-refractivity contribution in [1.29, 1.82) is 0 Å². The summed E-state index contributed by atoms with van der Waals surface area (Å²) >= 11 is 0. The van der Waals surface area contributed by atoms with E-state index < -0.39 is 6.04 Å². The van der Waals surface area contributed by atoms with Crippen LogP contribution < -0.4 is 5.32 Å². The summed E-state index contributed by atoms with van der Waals surface area (Å²) in [5.41, 5.74) is 0.895. The van der Waals surface area contributed by atoms with Gasteiger partial charge >= 0.3 is 6.03 Å². The van der Waals surface area contributed by atoms with Crippen molar-refractivity contribution >= 4 is 11.9 Å². The molecular formula is C11H12N2O3. The number of phenols is 1. The Morgan fingerprint density at radius 3 is 2.44 bits per heavy atom. The molecule has 0 radical (unpaired) electrons. The van der Waals surface area contributed by atoms with Crippen LogP contribution in [0.1, 0.15) is 5.56 Å². The Morgan fingerprint density at radius 1 is 1.31 bits per heavy atom. The molecule has 1 aliphatic heterocycles. The molecule has 5 nitrogen and oxygen atoms in total. The van der Waals surface area contributed by atoms with Gasteiger partial charge in [-0.25, -0.2) is 4.79 Å². The van der Waals surface area contributed by atoms with Crippen LogP contribution in [-0.2, 0) is 11.2 Å². The first kappa shape index (κ1) is 10.5. The van der Waals surface area contributed by atoms with Crippen molar-refractivity contribution in [3.63, 3.8) is 0 Å². The Bertz CT molecular complexity index is 427. The molecule has 2 rings (SSSR count). The molecule has 0 aromatic heterocycles. The van der Waals surface area contributed by atoms with E-state index in [4.69, 9.17) is 5.11 Å². The number of imide groups is 1. The van der Waals surface area contributed by atoms with E-state index in [0.717, 1.165) is 10.5 Å². The average Bonchev–Trinajstić information content (AvgIpc) is 2.50. The third kappa shape index (κ3) is 1.84. The number of hydrogen-bond donors (Lipinski definition) is 2. The molecule has 1 saturated heterocycles. The van der Waals surface area contributed by atoms with Gasteiger partial charge in [0.25, 0.3) is 5.91 Å². The second-order valence-corrected chi connectivity index (χ2v) is 3.77. The smallest absolute Gasteiger partial charge is 0.324 e. The van der Waals surface area contributed by atoms with E-state index in [1.54, 1.807) is 24.3 Å². The molecule has 1 aromatic carbocycles. The summed E-state index contributed by atoms with van der Waals surface area (Å²) < 4.78 is 0. The molecule has 0 unspecified atom stereocenters. The van der Waals surface area contributed by atoms with Crippen LogP contribution in [0.2, 0.25) is 0 Å². The summed E-state index contributed by atoms with van der Waals surface area (Å²) in [5.74, 6) is -0.0410. The Labute approximate surface area is 92.7 Å². The molecule has 0 spiro atoms. The summed E-state index contributed by atoms with van der Waals surface area (Å²) in [5, 5.41) is 11.7. The maximum atomic E-state index is 11.6. The number of benzene rings is 1. The van der Waals surface area contributed by atoms with Crippen molar-refractivity contribution in [2.45, 2.75) is 12.5 Å². The molecule has 0 saturated carbocycles. The topological polar surface area (TPSA) is 69.6 Å².